The van der Waals surface area contributed by atoms with Gasteiger partial charge >= 0.3 is 0 Å². The summed E-state index contributed by atoms with van der Waals surface area (Å²) in [4.78, 5) is 24.0. The number of halogens is 3. The van der Waals surface area contributed by atoms with E-state index < -0.39 is 17.1 Å². The summed E-state index contributed by atoms with van der Waals surface area (Å²) in [7, 11) is 0. The van der Waals surface area contributed by atoms with Crippen LogP contribution >= 0.6 is 23.2 Å². The van der Waals surface area contributed by atoms with Crippen LogP contribution in [0.5, 0.6) is 0 Å². The molecule has 1 aliphatic heterocycles. The predicted octanol–water partition coefficient (Wildman–Crippen LogP) is 5.41. The van der Waals surface area contributed by atoms with E-state index >= 15 is 0 Å². The standard InChI is InChI=1S/C25H24Cl2FN7O2/c1-14-12-20(33-32-14)31-22-19(27)7-6-16(30-22)13-25(24-29-15(2)37-34-24)8-10-35(11-9-25)23(36)17-4-3-5-18(26)21(17)28/h3-7,12H,8-11,13H2,1-2H3,(H2,30,31,32,33). The topological polar surface area (TPSA) is 113 Å². The number of likely N-dealkylation sites (tertiary alicyclic amines) is 1. The molecule has 1 amide bonds. The van der Waals surface area contributed by atoms with Crippen molar-refractivity contribution in [1.82, 2.24) is 30.2 Å². The number of nitrogens with zero attached hydrogens (tertiary/aromatic N) is 5. The number of aryl methyl sites for hydroxylation is 2. The number of nitrogens with one attached hydrogen (secondary N) is 2. The van der Waals surface area contributed by atoms with Crippen molar-refractivity contribution in [2.45, 2.75) is 38.5 Å². The molecule has 3 aromatic heterocycles. The van der Waals surface area contributed by atoms with Crippen molar-refractivity contribution in [3.8, 4) is 0 Å². The molecule has 4 heterocycles. The van der Waals surface area contributed by atoms with Gasteiger partial charge in [-0.2, -0.15) is 10.1 Å². The minimum atomic E-state index is -0.711. The Balaban J connectivity index is 1.39. The first-order valence-corrected chi connectivity index (χ1v) is 12.5. The van der Waals surface area contributed by atoms with Crippen LogP contribution in [0.25, 0.3) is 0 Å². The number of benzene rings is 1. The number of anilines is 2. The Hall–Kier alpha value is -3.50. The summed E-state index contributed by atoms with van der Waals surface area (Å²) in [5.41, 5.74) is 1.09. The van der Waals surface area contributed by atoms with Gasteiger partial charge in [-0.3, -0.25) is 9.89 Å². The first-order chi connectivity index (χ1) is 17.7. The molecule has 2 N–H and O–H groups in total. The Labute approximate surface area is 222 Å². The highest BCUT2D eigenvalue weighted by molar-refractivity contribution is 6.33. The van der Waals surface area contributed by atoms with E-state index in [1.165, 1.54) is 12.1 Å². The lowest BCUT2D eigenvalue weighted by Gasteiger charge is -2.40. The van der Waals surface area contributed by atoms with Gasteiger partial charge in [-0.25, -0.2) is 9.37 Å². The fourth-order valence-corrected chi connectivity index (χ4v) is 4.92. The van der Waals surface area contributed by atoms with Crippen LogP contribution in [0.3, 0.4) is 0 Å². The third-order valence-corrected chi connectivity index (χ3v) is 7.16. The summed E-state index contributed by atoms with van der Waals surface area (Å²) < 4.78 is 19.8. The van der Waals surface area contributed by atoms with Gasteiger partial charge in [0, 0.05) is 49.3 Å². The molecular formula is C25H24Cl2FN7O2. The maximum atomic E-state index is 14.5. The third kappa shape index (κ3) is 5.17. The maximum absolute atomic E-state index is 14.5. The van der Waals surface area contributed by atoms with E-state index in [-0.39, 0.29) is 10.6 Å². The number of carbonyl (C=O) groups excluding carboxylic acids is 1. The fraction of sp³-hybridized carbons (Fsp3) is 0.320. The lowest BCUT2D eigenvalue weighted by atomic mass is 9.74. The third-order valence-electron chi connectivity index (χ3n) is 6.57. The Morgan fingerprint density at radius 2 is 1.95 bits per heavy atom. The molecular weight excluding hydrogens is 520 g/mol. The second-order valence-electron chi connectivity index (χ2n) is 9.18. The monoisotopic (exact) mass is 543 g/mol. The van der Waals surface area contributed by atoms with Gasteiger partial charge in [-0.15, -0.1) is 0 Å². The van der Waals surface area contributed by atoms with Gasteiger partial charge in [0.15, 0.2) is 23.3 Å². The summed E-state index contributed by atoms with van der Waals surface area (Å²) in [6.07, 6.45) is 1.56. The number of rotatable bonds is 6. The average Bonchev–Trinajstić information content (AvgIpc) is 3.51. The molecule has 5 rings (SSSR count). The number of hydrogen-bond donors (Lipinski definition) is 2. The molecule has 1 aromatic carbocycles. The normalized spacial score (nSPS) is 15.1. The number of hydrogen-bond acceptors (Lipinski definition) is 7. The molecule has 12 heteroatoms. The lowest BCUT2D eigenvalue weighted by Crippen LogP contribution is -2.47. The smallest absolute Gasteiger partial charge is 0.256 e. The number of piperidine rings is 1. The van der Waals surface area contributed by atoms with E-state index in [2.05, 4.69) is 25.7 Å². The number of carbonyl (C=O) groups is 1. The zero-order valence-electron chi connectivity index (χ0n) is 20.2. The molecule has 0 bridgehead atoms. The van der Waals surface area contributed by atoms with Crippen LogP contribution in [-0.4, -0.2) is 49.2 Å². The van der Waals surface area contributed by atoms with Crippen molar-refractivity contribution in [3.63, 3.8) is 0 Å². The van der Waals surface area contributed by atoms with Crippen molar-refractivity contribution < 1.29 is 13.7 Å². The van der Waals surface area contributed by atoms with E-state index in [1.54, 1.807) is 24.0 Å². The molecule has 0 radical (unpaired) electrons. The SMILES string of the molecule is Cc1cc(Nc2nc(CC3(c4noc(C)n4)CCN(C(=O)c4cccc(Cl)c4F)CC3)ccc2Cl)n[nH]1. The van der Waals surface area contributed by atoms with Crippen LogP contribution in [0.15, 0.2) is 40.9 Å². The zero-order chi connectivity index (χ0) is 26.2. The zero-order valence-corrected chi connectivity index (χ0v) is 21.7. The van der Waals surface area contributed by atoms with Gasteiger partial charge in [0.05, 0.1) is 15.6 Å². The number of aromatic nitrogens is 5. The van der Waals surface area contributed by atoms with Gasteiger partial charge in [0.1, 0.15) is 0 Å². The molecule has 0 unspecified atom stereocenters. The molecule has 1 saturated heterocycles. The minimum absolute atomic E-state index is 0.0425. The molecule has 37 heavy (non-hydrogen) atoms. The quantitative estimate of drug-likeness (QED) is 0.334. The van der Waals surface area contributed by atoms with E-state index in [4.69, 9.17) is 32.7 Å². The molecule has 1 fully saturated rings. The summed E-state index contributed by atoms with van der Waals surface area (Å²) in [5.74, 6) is 0.983. The van der Waals surface area contributed by atoms with Gasteiger partial charge in [0.25, 0.3) is 5.91 Å². The van der Waals surface area contributed by atoms with E-state index in [9.17, 15) is 9.18 Å². The Morgan fingerprint density at radius 1 is 1.16 bits per heavy atom. The van der Waals surface area contributed by atoms with E-state index in [1.807, 2.05) is 19.1 Å². The lowest BCUT2D eigenvalue weighted by molar-refractivity contribution is 0.0652. The van der Waals surface area contributed by atoms with Crippen molar-refractivity contribution in [3.05, 3.63) is 80.9 Å². The number of H-pyrrole nitrogens is 1. The molecule has 9 nitrogen and oxygen atoms in total. The number of aromatic amines is 1. The highest BCUT2D eigenvalue weighted by Gasteiger charge is 2.42. The van der Waals surface area contributed by atoms with Crippen LogP contribution < -0.4 is 5.32 Å². The van der Waals surface area contributed by atoms with E-state index in [0.717, 1.165) is 11.4 Å². The molecule has 0 aliphatic carbocycles. The first-order valence-electron chi connectivity index (χ1n) is 11.7. The predicted molar refractivity (Wildman–Crippen MR) is 137 cm³/mol. The molecule has 1 aliphatic rings. The second-order valence-corrected chi connectivity index (χ2v) is 10.00. The summed E-state index contributed by atoms with van der Waals surface area (Å²) in [6, 6.07) is 9.92. The second kappa shape index (κ2) is 10.1. The van der Waals surface area contributed by atoms with Gasteiger partial charge in [-0.1, -0.05) is 34.4 Å². The van der Waals surface area contributed by atoms with E-state index in [0.29, 0.717) is 60.7 Å². The molecule has 0 spiro atoms. The average molecular weight is 544 g/mol. The summed E-state index contributed by atoms with van der Waals surface area (Å²) >= 11 is 12.3. The summed E-state index contributed by atoms with van der Waals surface area (Å²) in [5, 5.41) is 14.8. The Kier molecular flexibility index (Phi) is 6.87. The van der Waals surface area contributed by atoms with Crippen LogP contribution in [-0.2, 0) is 11.8 Å². The fourth-order valence-electron chi connectivity index (χ4n) is 4.59. The van der Waals surface area contributed by atoms with Crippen LogP contribution in [0.1, 0.15) is 46.3 Å². The van der Waals surface area contributed by atoms with Crippen molar-refractivity contribution in [1.29, 1.82) is 0 Å². The van der Waals surface area contributed by atoms with Gasteiger partial charge in [0.2, 0.25) is 5.89 Å². The highest BCUT2D eigenvalue weighted by atomic mass is 35.5. The number of amides is 1. The Bertz CT molecular complexity index is 1450. The highest BCUT2D eigenvalue weighted by Crippen LogP contribution is 2.38. The largest absolute Gasteiger partial charge is 0.340 e. The van der Waals surface area contributed by atoms with Crippen LogP contribution in [0, 0.1) is 19.7 Å². The molecule has 4 aromatic rings. The van der Waals surface area contributed by atoms with Crippen molar-refractivity contribution >= 4 is 40.7 Å². The van der Waals surface area contributed by atoms with Crippen molar-refractivity contribution in [2.24, 2.45) is 0 Å². The maximum Gasteiger partial charge on any atom is 0.256 e. The van der Waals surface area contributed by atoms with Crippen LogP contribution in [0.4, 0.5) is 16.0 Å². The minimum Gasteiger partial charge on any atom is -0.340 e. The van der Waals surface area contributed by atoms with Crippen molar-refractivity contribution in [2.75, 3.05) is 18.4 Å². The molecule has 192 valence electrons. The first kappa shape index (κ1) is 25.2. The molecule has 0 saturated carbocycles. The van der Waals surface area contributed by atoms with Gasteiger partial charge in [-0.05, 0) is 44.0 Å². The van der Waals surface area contributed by atoms with Gasteiger partial charge < -0.3 is 14.7 Å². The Morgan fingerprint density at radius 3 is 2.62 bits per heavy atom. The van der Waals surface area contributed by atoms with Crippen LogP contribution in [0.2, 0.25) is 10.0 Å². The molecule has 0 atom stereocenters. The number of pyridine rings is 1. The summed E-state index contributed by atoms with van der Waals surface area (Å²) in [6.45, 7) is 4.39.